The topological polar surface area (TPSA) is 41.1 Å². The van der Waals surface area contributed by atoms with E-state index in [1.807, 2.05) is 0 Å². The van der Waals surface area contributed by atoms with Gasteiger partial charge in [0.05, 0.1) is 0 Å². The molecule has 1 unspecified atom stereocenters. The summed E-state index contributed by atoms with van der Waals surface area (Å²) in [4.78, 5) is 11.9. The second-order valence-corrected chi connectivity index (χ2v) is 4.94. The van der Waals surface area contributed by atoms with Crippen LogP contribution in [0.5, 0.6) is 0 Å². The molecular weight excluding hydrogens is 295 g/mol. The van der Waals surface area contributed by atoms with Crippen molar-refractivity contribution in [3.05, 3.63) is 35.4 Å². The maximum Gasteiger partial charge on any atom is 0.404 e. The lowest BCUT2D eigenvalue weighted by molar-refractivity contribution is -0.216. The molecule has 2 rings (SSSR count). The Balaban J connectivity index is 2.08. The molecule has 1 saturated heterocycles. The van der Waals surface area contributed by atoms with Crippen molar-refractivity contribution in [3.63, 3.8) is 0 Å². The molecule has 1 aliphatic rings. The van der Waals surface area contributed by atoms with E-state index in [1.54, 1.807) is 0 Å². The van der Waals surface area contributed by atoms with Crippen molar-refractivity contribution in [2.75, 3.05) is 13.1 Å². The molecule has 2 N–H and O–H groups in total. The van der Waals surface area contributed by atoms with E-state index in [4.69, 9.17) is 0 Å². The number of benzene rings is 1. The third-order valence-corrected chi connectivity index (χ3v) is 3.57. The molecule has 0 bridgehead atoms. The fraction of sp³-hybridized carbons (Fsp3) is 0.462. The number of amides is 1. The maximum absolute atomic E-state index is 13.1. The smallest absolute Gasteiger partial charge is 0.351 e. The van der Waals surface area contributed by atoms with Gasteiger partial charge in [-0.15, -0.1) is 0 Å². The summed E-state index contributed by atoms with van der Waals surface area (Å²) in [6.45, 7) is -0.688. The molecule has 116 valence electrons. The molecule has 1 atom stereocenters. The van der Waals surface area contributed by atoms with Gasteiger partial charge in [-0.25, -0.2) is 8.78 Å². The monoisotopic (exact) mass is 308 g/mol. The highest BCUT2D eigenvalue weighted by molar-refractivity contribution is 5.84. The van der Waals surface area contributed by atoms with Crippen molar-refractivity contribution < 1.29 is 26.7 Å². The van der Waals surface area contributed by atoms with Crippen LogP contribution in [-0.2, 0) is 11.3 Å². The standard InChI is InChI=1S/C13H13F5N2O/c14-9-2-1-8(5-10(9)15)6-20-11(21)12(13(16,17)18)3-4-19-7-12/h1-2,5,19H,3-4,6-7H2,(H,20,21). The van der Waals surface area contributed by atoms with E-state index in [1.165, 1.54) is 6.07 Å². The highest BCUT2D eigenvalue weighted by Gasteiger charge is 2.61. The Morgan fingerprint density at radius 3 is 2.52 bits per heavy atom. The van der Waals surface area contributed by atoms with Gasteiger partial charge in [-0.3, -0.25) is 4.79 Å². The average Bonchev–Trinajstić information content (AvgIpc) is 2.90. The zero-order valence-electron chi connectivity index (χ0n) is 10.9. The van der Waals surface area contributed by atoms with Gasteiger partial charge in [-0.2, -0.15) is 13.2 Å². The van der Waals surface area contributed by atoms with Crippen LogP contribution in [0.3, 0.4) is 0 Å². The highest BCUT2D eigenvalue weighted by Crippen LogP contribution is 2.43. The Kier molecular flexibility index (Phi) is 4.18. The lowest BCUT2D eigenvalue weighted by atomic mass is 9.85. The quantitative estimate of drug-likeness (QED) is 0.840. The van der Waals surface area contributed by atoms with E-state index >= 15 is 0 Å². The molecule has 1 fully saturated rings. The van der Waals surface area contributed by atoms with E-state index in [9.17, 15) is 26.7 Å². The Morgan fingerprint density at radius 1 is 1.29 bits per heavy atom. The van der Waals surface area contributed by atoms with Gasteiger partial charge in [-0.05, 0) is 30.7 Å². The van der Waals surface area contributed by atoms with Crippen LogP contribution in [0.15, 0.2) is 18.2 Å². The van der Waals surface area contributed by atoms with Crippen LogP contribution in [0.2, 0.25) is 0 Å². The highest BCUT2D eigenvalue weighted by atomic mass is 19.4. The van der Waals surface area contributed by atoms with Crippen molar-refractivity contribution in [2.24, 2.45) is 5.41 Å². The molecule has 1 amide bonds. The predicted molar refractivity (Wildman–Crippen MR) is 64.2 cm³/mol. The van der Waals surface area contributed by atoms with Gasteiger partial charge < -0.3 is 10.6 Å². The summed E-state index contributed by atoms with van der Waals surface area (Å²) in [7, 11) is 0. The van der Waals surface area contributed by atoms with Gasteiger partial charge in [0.2, 0.25) is 5.91 Å². The molecule has 1 aliphatic heterocycles. The number of hydrogen-bond donors (Lipinski definition) is 2. The van der Waals surface area contributed by atoms with Crippen LogP contribution in [0, 0.1) is 17.0 Å². The van der Waals surface area contributed by atoms with Gasteiger partial charge in [0.1, 0.15) is 0 Å². The molecule has 0 aromatic heterocycles. The summed E-state index contributed by atoms with van der Waals surface area (Å²) in [6.07, 6.45) is -5.02. The molecular formula is C13H13F5N2O. The normalized spacial score (nSPS) is 22.3. The van der Waals surface area contributed by atoms with E-state index in [0.717, 1.165) is 12.1 Å². The summed E-state index contributed by atoms with van der Waals surface area (Å²) in [5.41, 5.74) is -2.28. The minimum Gasteiger partial charge on any atom is -0.351 e. The fourth-order valence-electron chi connectivity index (χ4n) is 2.26. The molecule has 8 heteroatoms. The molecule has 1 heterocycles. The van der Waals surface area contributed by atoms with Crippen LogP contribution >= 0.6 is 0 Å². The zero-order chi connectivity index (χ0) is 15.7. The molecule has 1 aromatic rings. The third kappa shape index (κ3) is 2.99. The van der Waals surface area contributed by atoms with Gasteiger partial charge in [0.15, 0.2) is 17.0 Å². The minimum atomic E-state index is -4.67. The van der Waals surface area contributed by atoms with Crippen LogP contribution in [0.4, 0.5) is 22.0 Å². The minimum absolute atomic E-state index is 0.0953. The first-order chi connectivity index (χ1) is 9.76. The predicted octanol–water partition coefficient (Wildman–Crippen LogP) is 2.12. The van der Waals surface area contributed by atoms with Crippen LogP contribution in [0.1, 0.15) is 12.0 Å². The average molecular weight is 308 g/mol. The number of carbonyl (C=O) groups excluding carboxylic acids is 1. The second kappa shape index (κ2) is 5.59. The number of hydrogen-bond acceptors (Lipinski definition) is 2. The molecule has 0 aliphatic carbocycles. The van der Waals surface area contributed by atoms with E-state index in [0.29, 0.717) is 0 Å². The van der Waals surface area contributed by atoms with E-state index in [-0.39, 0.29) is 25.1 Å². The SMILES string of the molecule is O=C(NCc1ccc(F)c(F)c1)C1(C(F)(F)F)CCNC1. The Hall–Kier alpha value is -1.70. The van der Waals surface area contributed by atoms with E-state index < -0.39 is 35.7 Å². The van der Waals surface area contributed by atoms with Crippen LogP contribution < -0.4 is 10.6 Å². The number of carbonyl (C=O) groups is 1. The number of rotatable bonds is 3. The molecule has 0 spiro atoms. The Labute approximate surface area is 117 Å². The van der Waals surface area contributed by atoms with Crippen LogP contribution in [-0.4, -0.2) is 25.2 Å². The number of alkyl halides is 3. The molecule has 0 saturated carbocycles. The maximum atomic E-state index is 13.1. The number of halogens is 5. The Bertz CT molecular complexity index is 538. The fourth-order valence-corrected chi connectivity index (χ4v) is 2.26. The largest absolute Gasteiger partial charge is 0.404 e. The summed E-state index contributed by atoms with van der Waals surface area (Å²) >= 11 is 0. The van der Waals surface area contributed by atoms with Crippen molar-refractivity contribution in [1.82, 2.24) is 10.6 Å². The Morgan fingerprint density at radius 2 is 2.00 bits per heavy atom. The first-order valence-electron chi connectivity index (χ1n) is 6.26. The summed E-state index contributed by atoms with van der Waals surface area (Å²) in [5, 5.41) is 4.67. The van der Waals surface area contributed by atoms with E-state index in [2.05, 4.69) is 10.6 Å². The zero-order valence-corrected chi connectivity index (χ0v) is 10.9. The van der Waals surface area contributed by atoms with Gasteiger partial charge >= 0.3 is 6.18 Å². The summed E-state index contributed by atoms with van der Waals surface area (Å²) in [5.74, 6) is -3.34. The lowest BCUT2D eigenvalue weighted by Gasteiger charge is -2.29. The van der Waals surface area contributed by atoms with Gasteiger partial charge in [-0.1, -0.05) is 6.07 Å². The van der Waals surface area contributed by atoms with Gasteiger partial charge in [0, 0.05) is 13.1 Å². The number of nitrogens with one attached hydrogen (secondary N) is 2. The third-order valence-electron chi connectivity index (χ3n) is 3.57. The van der Waals surface area contributed by atoms with Gasteiger partial charge in [0.25, 0.3) is 0 Å². The van der Waals surface area contributed by atoms with Crippen molar-refractivity contribution >= 4 is 5.91 Å². The molecule has 0 radical (unpaired) electrons. The lowest BCUT2D eigenvalue weighted by Crippen LogP contribution is -2.52. The van der Waals surface area contributed by atoms with Crippen molar-refractivity contribution in [3.8, 4) is 0 Å². The second-order valence-electron chi connectivity index (χ2n) is 4.94. The first kappa shape index (κ1) is 15.7. The summed E-state index contributed by atoms with van der Waals surface area (Å²) < 4.78 is 65.0. The first-order valence-corrected chi connectivity index (χ1v) is 6.26. The molecule has 21 heavy (non-hydrogen) atoms. The van der Waals surface area contributed by atoms with Crippen molar-refractivity contribution in [1.29, 1.82) is 0 Å². The molecule has 1 aromatic carbocycles. The van der Waals surface area contributed by atoms with Crippen molar-refractivity contribution in [2.45, 2.75) is 19.1 Å². The summed E-state index contributed by atoms with van der Waals surface area (Å²) in [6, 6.07) is 2.89. The van der Waals surface area contributed by atoms with Crippen LogP contribution in [0.25, 0.3) is 0 Å². The molecule has 3 nitrogen and oxygen atoms in total.